The largest absolute Gasteiger partial charge is 0.478 e. The number of hydrogen-bond acceptors (Lipinski definition) is 5. The molecule has 1 N–H and O–H groups in total. The molecule has 19 heavy (non-hydrogen) atoms. The molecule has 1 aromatic heterocycles. The summed E-state index contributed by atoms with van der Waals surface area (Å²) in [6.45, 7) is 3.14. The van der Waals surface area contributed by atoms with Crippen molar-refractivity contribution in [3.8, 4) is 5.75 Å². The van der Waals surface area contributed by atoms with Gasteiger partial charge in [-0.25, -0.2) is 9.02 Å². The highest BCUT2D eigenvalue weighted by Crippen LogP contribution is 2.17. The molecule has 0 saturated carbocycles. The number of rotatable bonds is 4. The van der Waals surface area contributed by atoms with Crippen LogP contribution in [0.4, 0.5) is 10.2 Å². The maximum absolute atomic E-state index is 13.4. The number of amides is 1. The van der Waals surface area contributed by atoms with Crippen molar-refractivity contribution in [2.45, 2.75) is 20.0 Å². The van der Waals surface area contributed by atoms with E-state index in [1.807, 2.05) is 0 Å². The van der Waals surface area contributed by atoms with Crippen LogP contribution in [0.2, 0.25) is 0 Å². The average molecular weight is 265 g/mol. The van der Waals surface area contributed by atoms with Crippen molar-refractivity contribution in [2.75, 3.05) is 5.32 Å². The Bertz CT molecular complexity index is 585. The first kappa shape index (κ1) is 13.0. The number of benzene rings is 1. The van der Waals surface area contributed by atoms with Gasteiger partial charge in [0.05, 0.1) is 0 Å². The zero-order valence-electron chi connectivity index (χ0n) is 10.4. The van der Waals surface area contributed by atoms with Crippen molar-refractivity contribution in [3.05, 3.63) is 35.8 Å². The summed E-state index contributed by atoms with van der Waals surface area (Å²) in [7, 11) is 0. The third-order valence-corrected chi connectivity index (χ3v) is 2.40. The van der Waals surface area contributed by atoms with E-state index in [9.17, 15) is 9.18 Å². The quantitative estimate of drug-likeness (QED) is 0.913. The van der Waals surface area contributed by atoms with Gasteiger partial charge in [0.25, 0.3) is 5.91 Å². The monoisotopic (exact) mass is 265 g/mol. The van der Waals surface area contributed by atoms with Crippen LogP contribution in [-0.4, -0.2) is 22.3 Å². The predicted molar refractivity (Wildman–Crippen MR) is 64.2 cm³/mol. The number of halogens is 1. The van der Waals surface area contributed by atoms with Gasteiger partial charge in [-0.2, -0.15) is 0 Å². The first-order chi connectivity index (χ1) is 9.08. The number of hydrogen-bond donors (Lipinski definition) is 1. The summed E-state index contributed by atoms with van der Waals surface area (Å²) < 4.78 is 23.0. The number of aromatic nitrogens is 2. The minimum Gasteiger partial charge on any atom is -0.478 e. The van der Waals surface area contributed by atoms with E-state index in [4.69, 9.17) is 4.74 Å². The van der Waals surface area contributed by atoms with Gasteiger partial charge in [0.15, 0.2) is 23.5 Å². The highest BCUT2D eigenvalue weighted by atomic mass is 19.1. The Labute approximate surface area is 108 Å². The molecule has 1 amide bonds. The lowest BCUT2D eigenvalue weighted by Crippen LogP contribution is -2.30. The van der Waals surface area contributed by atoms with Crippen molar-refractivity contribution >= 4 is 11.7 Å². The number of nitrogens with zero attached hydrogens (tertiary/aromatic N) is 2. The molecule has 1 aromatic carbocycles. The fourth-order valence-electron chi connectivity index (χ4n) is 1.35. The Morgan fingerprint density at radius 2 is 2.16 bits per heavy atom. The third-order valence-electron chi connectivity index (χ3n) is 2.40. The topological polar surface area (TPSA) is 77.3 Å². The van der Waals surface area contributed by atoms with Crippen LogP contribution in [-0.2, 0) is 4.79 Å². The van der Waals surface area contributed by atoms with Crippen LogP contribution < -0.4 is 10.1 Å². The highest BCUT2D eigenvalue weighted by Gasteiger charge is 2.19. The van der Waals surface area contributed by atoms with Crippen LogP contribution in [0.15, 0.2) is 28.9 Å². The van der Waals surface area contributed by atoms with Crippen molar-refractivity contribution in [2.24, 2.45) is 0 Å². The first-order valence-corrected chi connectivity index (χ1v) is 5.59. The average Bonchev–Trinajstić information content (AvgIpc) is 2.78. The number of carbonyl (C=O) groups is 1. The molecule has 0 fully saturated rings. The summed E-state index contributed by atoms with van der Waals surface area (Å²) in [6, 6.07) is 5.86. The van der Waals surface area contributed by atoms with Crippen molar-refractivity contribution in [1.29, 1.82) is 0 Å². The van der Waals surface area contributed by atoms with Gasteiger partial charge in [0, 0.05) is 0 Å². The maximum Gasteiger partial charge on any atom is 0.266 e. The fourth-order valence-corrected chi connectivity index (χ4v) is 1.35. The standard InChI is InChI=1S/C12H12FN3O3/c1-7-11(16-19-15-7)14-12(17)8(2)18-10-6-4-3-5-9(10)13/h3-6,8H,1-2H3,(H,14,16,17)/t8-/m0/s1. The van der Waals surface area contributed by atoms with Crippen LogP contribution >= 0.6 is 0 Å². The summed E-state index contributed by atoms with van der Waals surface area (Å²) in [5.74, 6) is -0.766. The van der Waals surface area contributed by atoms with Crippen LogP contribution in [0.25, 0.3) is 0 Å². The van der Waals surface area contributed by atoms with Gasteiger partial charge in [-0.1, -0.05) is 17.3 Å². The molecule has 100 valence electrons. The Hall–Kier alpha value is -2.44. The van der Waals surface area contributed by atoms with Gasteiger partial charge in [-0.3, -0.25) is 4.79 Å². The Balaban J connectivity index is 2.00. The first-order valence-electron chi connectivity index (χ1n) is 5.59. The summed E-state index contributed by atoms with van der Waals surface area (Å²) in [5.41, 5.74) is 0.450. The lowest BCUT2D eigenvalue weighted by molar-refractivity contribution is -0.122. The molecule has 2 aromatic rings. The number of aryl methyl sites for hydroxylation is 1. The van der Waals surface area contributed by atoms with Crippen LogP contribution in [0.3, 0.4) is 0 Å². The number of para-hydroxylation sites is 1. The van der Waals surface area contributed by atoms with Crippen LogP contribution in [0, 0.1) is 12.7 Å². The molecular weight excluding hydrogens is 253 g/mol. The SMILES string of the molecule is Cc1nonc1NC(=O)[C@H](C)Oc1ccccc1F. The maximum atomic E-state index is 13.4. The molecule has 0 saturated heterocycles. The molecule has 2 rings (SSSR count). The summed E-state index contributed by atoms with van der Waals surface area (Å²) >= 11 is 0. The minimum atomic E-state index is -0.881. The van der Waals surface area contributed by atoms with E-state index in [2.05, 4.69) is 20.3 Å². The van der Waals surface area contributed by atoms with E-state index in [-0.39, 0.29) is 11.6 Å². The normalized spacial score (nSPS) is 11.9. The Morgan fingerprint density at radius 3 is 2.79 bits per heavy atom. The zero-order chi connectivity index (χ0) is 13.8. The Morgan fingerprint density at radius 1 is 1.42 bits per heavy atom. The molecule has 0 radical (unpaired) electrons. The van der Waals surface area contributed by atoms with E-state index < -0.39 is 17.8 Å². The molecule has 6 nitrogen and oxygen atoms in total. The van der Waals surface area contributed by atoms with Gasteiger partial charge in [-0.05, 0) is 31.1 Å². The summed E-state index contributed by atoms with van der Waals surface area (Å²) in [4.78, 5) is 11.8. The van der Waals surface area contributed by atoms with E-state index in [1.54, 1.807) is 13.0 Å². The van der Waals surface area contributed by atoms with Gasteiger partial charge in [-0.15, -0.1) is 0 Å². The molecule has 0 aliphatic carbocycles. The van der Waals surface area contributed by atoms with Crippen molar-refractivity contribution < 1.29 is 18.6 Å². The van der Waals surface area contributed by atoms with E-state index in [0.29, 0.717) is 5.69 Å². The Kier molecular flexibility index (Phi) is 3.74. The molecule has 0 aliphatic heterocycles. The highest BCUT2D eigenvalue weighted by molar-refractivity contribution is 5.93. The summed E-state index contributed by atoms with van der Waals surface area (Å²) in [6.07, 6.45) is -0.881. The van der Waals surface area contributed by atoms with E-state index in [0.717, 1.165) is 0 Å². The second kappa shape index (κ2) is 5.47. The van der Waals surface area contributed by atoms with Crippen LogP contribution in [0.5, 0.6) is 5.75 Å². The fraction of sp³-hybridized carbons (Fsp3) is 0.250. The molecule has 1 heterocycles. The molecular formula is C12H12FN3O3. The second-order valence-corrected chi connectivity index (χ2v) is 3.88. The predicted octanol–water partition coefficient (Wildman–Crippen LogP) is 1.92. The molecule has 0 aliphatic rings. The van der Waals surface area contributed by atoms with Crippen LogP contribution in [0.1, 0.15) is 12.6 Å². The molecule has 0 spiro atoms. The van der Waals surface area contributed by atoms with Gasteiger partial charge in [0.2, 0.25) is 0 Å². The molecule has 0 bridgehead atoms. The molecule has 1 atom stereocenters. The number of carbonyl (C=O) groups excluding carboxylic acids is 1. The second-order valence-electron chi connectivity index (χ2n) is 3.88. The van der Waals surface area contributed by atoms with E-state index in [1.165, 1.54) is 25.1 Å². The number of ether oxygens (including phenoxy) is 1. The molecule has 0 unspecified atom stereocenters. The van der Waals surface area contributed by atoms with Crippen molar-refractivity contribution in [1.82, 2.24) is 10.3 Å². The number of nitrogens with one attached hydrogen (secondary N) is 1. The van der Waals surface area contributed by atoms with Crippen molar-refractivity contribution in [3.63, 3.8) is 0 Å². The van der Waals surface area contributed by atoms with Gasteiger partial charge in [0.1, 0.15) is 5.69 Å². The van der Waals surface area contributed by atoms with E-state index >= 15 is 0 Å². The lowest BCUT2D eigenvalue weighted by Gasteiger charge is -2.14. The summed E-state index contributed by atoms with van der Waals surface area (Å²) in [5, 5.41) is 9.52. The molecule has 7 heteroatoms. The third kappa shape index (κ3) is 3.06. The number of anilines is 1. The minimum absolute atomic E-state index is 0.0140. The smallest absolute Gasteiger partial charge is 0.266 e. The lowest BCUT2D eigenvalue weighted by atomic mass is 10.3. The van der Waals surface area contributed by atoms with Gasteiger partial charge < -0.3 is 10.1 Å². The van der Waals surface area contributed by atoms with Gasteiger partial charge >= 0.3 is 0 Å². The zero-order valence-corrected chi connectivity index (χ0v) is 10.4.